The van der Waals surface area contributed by atoms with Gasteiger partial charge in [0.15, 0.2) is 5.82 Å². The van der Waals surface area contributed by atoms with Crippen molar-refractivity contribution in [2.75, 3.05) is 23.3 Å². The molecule has 0 bridgehead atoms. The Hall–Kier alpha value is -3.59. The Morgan fingerprint density at radius 2 is 1.88 bits per heavy atom. The van der Waals surface area contributed by atoms with E-state index in [-0.39, 0.29) is 17.6 Å². The van der Waals surface area contributed by atoms with Gasteiger partial charge in [0.1, 0.15) is 22.7 Å². The number of benzene rings is 1. The minimum Gasteiger partial charge on any atom is -0.508 e. The maximum atomic E-state index is 12.8. The second-order valence-corrected chi connectivity index (χ2v) is 9.46. The van der Waals surface area contributed by atoms with E-state index in [1.165, 1.54) is 10.4 Å². The van der Waals surface area contributed by atoms with Crippen molar-refractivity contribution in [1.82, 2.24) is 19.9 Å². The molecular weight excluding hydrogens is 436 g/mol. The smallest absolute Gasteiger partial charge is 0.227 e. The molecule has 1 aromatic carbocycles. The topological polar surface area (TPSA) is 104 Å². The number of aryl methyl sites for hydroxylation is 2. The molecule has 9 heteroatoms. The van der Waals surface area contributed by atoms with E-state index < -0.39 is 0 Å². The zero-order chi connectivity index (χ0) is 22.9. The maximum Gasteiger partial charge on any atom is 0.227 e. The Balaban J connectivity index is 1.23. The van der Waals surface area contributed by atoms with Crippen LogP contribution in [0.15, 0.2) is 43.0 Å². The zero-order valence-electron chi connectivity index (χ0n) is 18.4. The average molecular weight is 461 g/mol. The number of aromatic hydroxyl groups is 1. The lowest BCUT2D eigenvalue weighted by Gasteiger charge is -2.32. The molecule has 3 aromatic heterocycles. The number of nitrogens with one attached hydrogen (secondary N) is 1. The van der Waals surface area contributed by atoms with Crippen molar-refractivity contribution in [2.45, 2.75) is 26.7 Å². The molecule has 1 amide bonds. The standard InChI is InChI=1S/C24H24N6O2S/c1-14-15(2)33-24-20(14)22(27-13-28-24)30-8-6-16(7-9-30)23(32)29-18-11-25-21(26-12-18)17-4-3-5-19(31)10-17/h3-5,10-13,16,31H,6-9H2,1-2H3,(H,29,32). The van der Waals surface area contributed by atoms with Gasteiger partial charge in [-0.1, -0.05) is 12.1 Å². The molecule has 0 spiro atoms. The number of carbonyl (C=O) groups excluding carboxylic acids is 1. The third kappa shape index (κ3) is 4.23. The second-order valence-electron chi connectivity index (χ2n) is 8.26. The summed E-state index contributed by atoms with van der Waals surface area (Å²) in [6.45, 7) is 5.77. The first-order chi connectivity index (χ1) is 16.0. The quantitative estimate of drug-likeness (QED) is 0.467. The normalized spacial score (nSPS) is 14.5. The van der Waals surface area contributed by atoms with Crippen LogP contribution in [-0.4, -0.2) is 44.0 Å². The number of phenols is 1. The van der Waals surface area contributed by atoms with Crippen molar-refractivity contribution in [3.8, 4) is 17.1 Å². The van der Waals surface area contributed by atoms with Crippen molar-refractivity contribution in [3.63, 3.8) is 0 Å². The first-order valence-electron chi connectivity index (χ1n) is 10.9. The molecule has 1 saturated heterocycles. The summed E-state index contributed by atoms with van der Waals surface area (Å²) in [6.07, 6.45) is 6.33. The third-order valence-electron chi connectivity index (χ3n) is 6.13. The summed E-state index contributed by atoms with van der Waals surface area (Å²) in [5, 5.41) is 13.7. The Morgan fingerprint density at radius 3 is 2.61 bits per heavy atom. The molecule has 0 radical (unpaired) electrons. The van der Waals surface area contributed by atoms with E-state index in [0.29, 0.717) is 11.5 Å². The molecule has 1 fully saturated rings. The highest BCUT2D eigenvalue weighted by atomic mass is 32.1. The highest BCUT2D eigenvalue weighted by molar-refractivity contribution is 7.18. The van der Waals surface area contributed by atoms with Crippen molar-refractivity contribution in [1.29, 1.82) is 0 Å². The van der Waals surface area contributed by atoms with Gasteiger partial charge in [0, 0.05) is 29.4 Å². The number of hydrogen-bond acceptors (Lipinski definition) is 8. The molecular formula is C24H24N6O2S. The molecule has 4 heterocycles. The molecule has 0 saturated carbocycles. The highest BCUT2D eigenvalue weighted by Crippen LogP contribution is 2.35. The molecule has 8 nitrogen and oxygen atoms in total. The molecule has 168 valence electrons. The summed E-state index contributed by atoms with van der Waals surface area (Å²) in [7, 11) is 0. The fourth-order valence-corrected chi connectivity index (χ4v) is 5.18. The van der Waals surface area contributed by atoms with Crippen molar-refractivity contribution in [3.05, 3.63) is 53.4 Å². The monoisotopic (exact) mass is 460 g/mol. The van der Waals surface area contributed by atoms with Crippen molar-refractivity contribution >= 4 is 39.0 Å². The molecule has 5 rings (SSSR count). The van der Waals surface area contributed by atoms with Crippen molar-refractivity contribution in [2.24, 2.45) is 5.92 Å². The molecule has 1 aliphatic rings. The van der Waals surface area contributed by atoms with Crippen LogP contribution in [0.2, 0.25) is 0 Å². The Bertz CT molecular complexity index is 1310. The van der Waals surface area contributed by atoms with Crippen molar-refractivity contribution < 1.29 is 9.90 Å². The molecule has 0 atom stereocenters. The SMILES string of the molecule is Cc1sc2ncnc(N3CCC(C(=O)Nc4cnc(-c5cccc(O)c5)nc4)CC3)c2c1C. The summed E-state index contributed by atoms with van der Waals surface area (Å²) in [4.78, 5) is 35.0. The second kappa shape index (κ2) is 8.74. The Morgan fingerprint density at radius 1 is 1.12 bits per heavy atom. The lowest BCUT2D eigenvalue weighted by molar-refractivity contribution is -0.120. The lowest BCUT2D eigenvalue weighted by atomic mass is 9.95. The van der Waals surface area contributed by atoms with Gasteiger partial charge in [-0.05, 0) is 44.4 Å². The van der Waals surface area contributed by atoms with Gasteiger partial charge in [-0.3, -0.25) is 4.79 Å². The Kier molecular flexibility index (Phi) is 5.63. The van der Waals surface area contributed by atoms with Gasteiger partial charge in [0.05, 0.1) is 23.5 Å². The van der Waals surface area contributed by atoms with E-state index in [1.807, 2.05) is 6.07 Å². The molecule has 0 aliphatic carbocycles. The summed E-state index contributed by atoms with van der Waals surface area (Å²) in [6, 6.07) is 6.76. The number of rotatable bonds is 4. The number of hydrogen-bond donors (Lipinski definition) is 2. The minimum atomic E-state index is -0.0744. The van der Waals surface area contributed by atoms with Gasteiger partial charge in [0.25, 0.3) is 0 Å². The molecule has 0 unspecified atom stereocenters. The van der Waals surface area contributed by atoms with Crippen LogP contribution in [0.4, 0.5) is 11.5 Å². The summed E-state index contributed by atoms with van der Waals surface area (Å²) in [5.74, 6) is 1.53. The zero-order valence-corrected chi connectivity index (χ0v) is 19.3. The van der Waals surface area contributed by atoms with E-state index in [2.05, 4.69) is 44.0 Å². The summed E-state index contributed by atoms with van der Waals surface area (Å²) >= 11 is 1.70. The number of fused-ring (bicyclic) bond motifs is 1. The largest absolute Gasteiger partial charge is 0.508 e. The first kappa shape index (κ1) is 21.3. The predicted molar refractivity (Wildman–Crippen MR) is 130 cm³/mol. The van der Waals surface area contributed by atoms with Gasteiger partial charge >= 0.3 is 0 Å². The summed E-state index contributed by atoms with van der Waals surface area (Å²) < 4.78 is 0. The predicted octanol–water partition coefficient (Wildman–Crippen LogP) is 4.33. The number of amides is 1. The molecule has 1 aliphatic heterocycles. The highest BCUT2D eigenvalue weighted by Gasteiger charge is 2.27. The fourth-order valence-electron chi connectivity index (χ4n) is 4.19. The lowest BCUT2D eigenvalue weighted by Crippen LogP contribution is -2.38. The molecule has 2 N–H and O–H groups in total. The Labute approximate surface area is 195 Å². The molecule has 33 heavy (non-hydrogen) atoms. The van der Waals surface area contributed by atoms with Gasteiger partial charge in [-0.15, -0.1) is 11.3 Å². The van der Waals surface area contributed by atoms with E-state index in [4.69, 9.17) is 0 Å². The van der Waals surface area contributed by atoms with Gasteiger partial charge < -0.3 is 15.3 Å². The minimum absolute atomic E-state index is 0.0150. The van der Waals surface area contributed by atoms with Gasteiger partial charge in [-0.2, -0.15) is 0 Å². The van der Waals surface area contributed by atoms with E-state index in [0.717, 1.165) is 47.5 Å². The average Bonchev–Trinajstić information content (AvgIpc) is 3.13. The number of carbonyl (C=O) groups is 1. The number of thiophene rings is 1. The van der Waals surface area contributed by atoms with Crippen LogP contribution in [0.1, 0.15) is 23.3 Å². The van der Waals surface area contributed by atoms with Crippen LogP contribution < -0.4 is 10.2 Å². The van der Waals surface area contributed by atoms with Gasteiger partial charge in [-0.25, -0.2) is 19.9 Å². The van der Waals surface area contributed by atoms with E-state index in [9.17, 15) is 9.90 Å². The van der Waals surface area contributed by atoms with Crippen LogP contribution in [0.3, 0.4) is 0 Å². The number of phenolic OH excluding ortho intramolecular Hbond substituents is 1. The maximum absolute atomic E-state index is 12.8. The number of aromatic nitrogens is 4. The third-order valence-corrected chi connectivity index (χ3v) is 7.25. The number of nitrogens with zero attached hydrogens (tertiary/aromatic N) is 5. The van der Waals surface area contributed by atoms with Gasteiger partial charge in [0.2, 0.25) is 5.91 Å². The van der Waals surface area contributed by atoms with Crippen LogP contribution in [0.5, 0.6) is 5.75 Å². The number of piperidine rings is 1. The van der Waals surface area contributed by atoms with Crippen LogP contribution in [0.25, 0.3) is 21.6 Å². The van der Waals surface area contributed by atoms with Crippen LogP contribution in [-0.2, 0) is 4.79 Å². The van der Waals surface area contributed by atoms with Crippen LogP contribution >= 0.6 is 11.3 Å². The van der Waals surface area contributed by atoms with E-state index in [1.54, 1.807) is 48.3 Å². The summed E-state index contributed by atoms with van der Waals surface area (Å²) in [5.41, 5.74) is 2.52. The first-order valence-corrected chi connectivity index (χ1v) is 11.7. The number of anilines is 2. The van der Waals surface area contributed by atoms with Crippen LogP contribution in [0, 0.1) is 19.8 Å². The van der Waals surface area contributed by atoms with E-state index >= 15 is 0 Å². The fraction of sp³-hybridized carbons (Fsp3) is 0.292. The molecule has 4 aromatic rings.